The molecular formula is C13H20N2S. The van der Waals surface area contributed by atoms with Crippen molar-refractivity contribution in [2.45, 2.75) is 19.4 Å². The molecule has 0 spiro atoms. The fraction of sp³-hybridized carbons (Fsp3) is 0.692. The number of nitrogens with zero attached hydrogens (tertiary/aromatic N) is 1. The molecule has 1 aromatic rings. The van der Waals surface area contributed by atoms with Crippen molar-refractivity contribution in [3.8, 4) is 0 Å². The van der Waals surface area contributed by atoms with Gasteiger partial charge < -0.3 is 5.32 Å². The Balaban J connectivity index is 1.56. The van der Waals surface area contributed by atoms with Crippen LogP contribution >= 0.6 is 11.3 Å². The molecule has 3 heterocycles. The minimum Gasteiger partial charge on any atom is -0.316 e. The van der Waals surface area contributed by atoms with Gasteiger partial charge in [-0.05, 0) is 49.7 Å². The van der Waals surface area contributed by atoms with E-state index in [0.29, 0.717) is 0 Å². The summed E-state index contributed by atoms with van der Waals surface area (Å²) in [5.74, 6) is 1.82. The van der Waals surface area contributed by atoms with Crippen LogP contribution in [0, 0.1) is 11.8 Å². The molecule has 2 nitrogen and oxygen atoms in total. The van der Waals surface area contributed by atoms with E-state index in [1.165, 1.54) is 37.5 Å². The number of likely N-dealkylation sites (tertiary alicyclic amines) is 1. The van der Waals surface area contributed by atoms with Gasteiger partial charge in [0.25, 0.3) is 0 Å². The molecule has 3 heteroatoms. The number of fused-ring (bicyclic) bond motifs is 1. The molecule has 0 amide bonds. The summed E-state index contributed by atoms with van der Waals surface area (Å²) in [5.41, 5.74) is 0. The van der Waals surface area contributed by atoms with Gasteiger partial charge >= 0.3 is 0 Å². The van der Waals surface area contributed by atoms with Crippen LogP contribution < -0.4 is 5.32 Å². The maximum atomic E-state index is 3.52. The summed E-state index contributed by atoms with van der Waals surface area (Å²) in [5, 5.41) is 5.70. The molecule has 3 rings (SSSR count). The van der Waals surface area contributed by atoms with Crippen LogP contribution in [0.25, 0.3) is 0 Å². The zero-order chi connectivity index (χ0) is 11.0. The Bertz CT molecular complexity index is 336. The molecule has 0 saturated carbocycles. The van der Waals surface area contributed by atoms with Crippen LogP contribution in [0.2, 0.25) is 0 Å². The van der Waals surface area contributed by atoms with Gasteiger partial charge in [-0.1, -0.05) is 6.07 Å². The van der Waals surface area contributed by atoms with E-state index in [2.05, 4.69) is 34.7 Å². The number of hydrogen-bond acceptors (Lipinski definition) is 3. The zero-order valence-electron chi connectivity index (χ0n) is 9.86. The molecule has 2 aliphatic heterocycles. The van der Waals surface area contributed by atoms with Crippen molar-refractivity contribution in [2.24, 2.45) is 11.8 Å². The van der Waals surface area contributed by atoms with E-state index in [-0.39, 0.29) is 0 Å². The monoisotopic (exact) mass is 236 g/mol. The molecule has 1 aromatic heterocycles. The predicted molar refractivity (Wildman–Crippen MR) is 68.9 cm³/mol. The first-order chi connectivity index (χ1) is 7.84. The van der Waals surface area contributed by atoms with E-state index in [4.69, 9.17) is 0 Å². The highest BCUT2D eigenvalue weighted by molar-refractivity contribution is 7.09. The summed E-state index contributed by atoms with van der Waals surface area (Å²) >= 11 is 1.89. The predicted octanol–water partition coefficient (Wildman–Crippen LogP) is 1.83. The van der Waals surface area contributed by atoms with Crippen LogP contribution in [0.15, 0.2) is 17.5 Å². The van der Waals surface area contributed by atoms with E-state index in [9.17, 15) is 0 Å². The first kappa shape index (κ1) is 10.8. The summed E-state index contributed by atoms with van der Waals surface area (Å²) in [6.45, 7) is 7.44. The van der Waals surface area contributed by atoms with Gasteiger partial charge in [0.05, 0.1) is 0 Å². The number of thiophene rings is 1. The van der Waals surface area contributed by atoms with Gasteiger partial charge in [-0.15, -0.1) is 11.3 Å². The first-order valence-corrected chi connectivity index (χ1v) is 7.19. The quantitative estimate of drug-likeness (QED) is 0.861. The average molecular weight is 236 g/mol. The van der Waals surface area contributed by atoms with Gasteiger partial charge in [0.1, 0.15) is 0 Å². The molecule has 88 valence electrons. The lowest BCUT2D eigenvalue weighted by Crippen LogP contribution is -2.34. The Morgan fingerprint density at radius 1 is 1.50 bits per heavy atom. The maximum Gasteiger partial charge on any atom is 0.0111 e. The summed E-state index contributed by atoms with van der Waals surface area (Å²) in [7, 11) is 0. The second-order valence-corrected chi connectivity index (χ2v) is 6.18. The van der Waals surface area contributed by atoms with Crippen LogP contribution in [-0.2, 0) is 6.42 Å². The normalized spacial score (nSPS) is 34.4. The Kier molecular flexibility index (Phi) is 3.01. The molecule has 0 aromatic carbocycles. The first-order valence-electron chi connectivity index (χ1n) is 6.32. The van der Waals surface area contributed by atoms with E-state index < -0.39 is 0 Å². The van der Waals surface area contributed by atoms with Crippen molar-refractivity contribution in [2.75, 3.05) is 26.2 Å². The molecular weight excluding hydrogens is 216 g/mol. The van der Waals surface area contributed by atoms with Crippen molar-refractivity contribution in [1.29, 1.82) is 0 Å². The lowest BCUT2D eigenvalue weighted by molar-refractivity contribution is 0.243. The molecule has 16 heavy (non-hydrogen) atoms. The van der Waals surface area contributed by atoms with Crippen LogP contribution in [0.4, 0.5) is 0 Å². The summed E-state index contributed by atoms with van der Waals surface area (Å²) in [6.07, 6.45) is 1.23. The van der Waals surface area contributed by atoms with Gasteiger partial charge in [-0.25, -0.2) is 0 Å². The van der Waals surface area contributed by atoms with Crippen LogP contribution in [0.5, 0.6) is 0 Å². The lowest BCUT2D eigenvalue weighted by Gasteiger charge is -2.23. The molecule has 3 unspecified atom stereocenters. The third-order valence-corrected chi connectivity index (χ3v) is 5.22. The van der Waals surface area contributed by atoms with Gasteiger partial charge in [0, 0.05) is 24.0 Å². The Morgan fingerprint density at radius 2 is 2.44 bits per heavy atom. The second-order valence-electron chi connectivity index (χ2n) is 5.15. The number of nitrogens with one attached hydrogen (secondary N) is 1. The molecule has 0 bridgehead atoms. The van der Waals surface area contributed by atoms with Crippen LogP contribution in [0.3, 0.4) is 0 Å². The third kappa shape index (κ3) is 1.92. The topological polar surface area (TPSA) is 15.3 Å². The molecule has 0 aliphatic carbocycles. The third-order valence-electron chi connectivity index (χ3n) is 4.28. The minimum atomic E-state index is 0.778. The highest BCUT2D eigenvalue weighted by Crippen LogP contribution is 2.32. The van der Waals surface area contributed by atoms with E-state index >= 15 is 0 Å². The van der Waals surface area contributed by atoms with Crippen LogP contribution in [-0.4, -0.2) is 37.1 Å². The standard InChI is InChI=1S/C13H20N2S/c1-10-13-8-14-7-11(13)9-15(10)5-4-12-3-2-6-16-12/h2-3,6,10-11,13-14H,4-5,7-9H2,1H3. The summed E-state index contributed by atoms with van der Waals surface area (Å²) in [6, 6.07) is 5.19. The van der Waals surface area contributed by atoms with Crippen LogP contribution in [0.1, 0.15) is 11.8 Å². The smallest absolute Gasteiger partial charge is 0.0111 e. The van der Waals surface area contributed by atoms with E-state index in [1.54, 1.807) is 0 Å². The lowest BCUT2D eigenvalue weighted by atomic mass is 9.95. The second kappa shape index (κ2) is 4.47. The molecule has 2 saturated heterocycles. The van der Waals surface area contributed by atoms with E-state index in [0.717, 1.165) is 17.9 Å². The van der Waals surface area contributed by atoms with Gasteiger partial charge in [-0.3, -0.25) is 4.90 Å². The molecule has 0 radical (unpaired) electrons. The van der Waals surface area contributed by atoms with Gasteiger partial charge in [0.15, 0.2) is 0 Å². The average Bonchev–Trinajstić information content (AvgIpc) is 2.96. The fourth-order valence-electron chi connectivity index (χ4n) is 3.26. The van der Waals surface area contributed by atoms with Crippen molar-refractivity contribution >= 4 is 11.3 Å². The Labute approximate surface area is 102 Å². The number of rotatable bonds is 3. The molecule has 1 N–H and O–H groups in total. The van der Waals surface area contributed by atoms with Gasteiger partial charge in [0.2, 0.25) is 0 Å². The highest BCUT2D eigenvalue weighted by atomic mass is 32.1. The number of hydrogen-bond donors (Lipinski definition) is 1. The molecule has 2 fully saturated rings. The fourth-order valence-corrected chi connectivity index (χ4v) is 3.96. The molecule has 3 atom stereocenters. The van der Waals surface area contributed by atoms with Crippen molar-refractivity contribution < 1.29 is 0 Å². The van der Waals surface area contributed by atoms with E-state index in [1.807, 2.05) is 11.3 Å². The highest BCUT2D eigenvalue weighted by Gasteiger charge is 2.41. The van der Waals surface area contributed by atoms with Crippen molar-refractivity contribution in [1.82, 2.24) is 10.2 Å². The van der Waals surface area contributed by atoms with Gasteiger partial charge in [-0.2, -0.15) is 0 Å². The SMILES string of the molecule is CC1C2CNCC2CN1CCc1cccs1. The summed E-state index contributed by atoms with van der Waals surface area (Å²) < 4.78 is 0. The zero-order valence-corrected chi connectivity index (χ0v) is 10.7. The van der Waals surface area contributed by atoms with Crippen molar-refractivity contribution in [3.63, 3.8) is 0 Å². The largest absolute Gasteiger partial charge is 0.316 e. The molecule has 2 aliphatic rings. The Morgan fingerprint density at radius 3 is 3.19 bits per heavy atom. The van der Waals surface area contributed by atoms with Crippen molar-refractivity contribution in [3.05, 3.63) is 22.4 Å². The Hall–Kier alpha value is -0.380. The summed E-state index contributed by atoms with van der Waals surface area (Å²) in [4.78, 5) is 4.22. The minimum absolute atomic E-state index is 0.778. The maximum absolute atomic E-state index is 3.52.